The molecule has 2 aromatic carbocycles. The normalized spacial score (nSPS) is 9.79. The summed E-state index contributed by atoms with van der Waals surface area (Å²) < 4.78 is 10.8. The minimum atomic E-state index is -0.240. The van der Waals surface area contributed by atoms with Crippen LogP contribution in [-0.2, 0) is 0 Å². The molecule has 3 aromatic rings. The van der Waals surface area contributed by atoms with Crippen molar-refractivity contribution < 1.29 is 14.3 Å². The van der Waals surface area contributed by atoms with Gasteiger partial charge in [-0.3, -0.25) is 4.79 Å². The first-order valence-corrected chi connectivity index (χ1v) is 8.85. The van der Waals surface area contributed by atoms with Crippen molar-refractivity contribution in [2.75, 3.05) is 19.0 Å². The van der Waals surface area contributed by atoms with E-state index in [1.165, 1.54) is 0 Å². The lowest BCUT2D eigenvalue weighted by atomic mass is 10.1. The fourth-order valence-corrected chi connectivity index (χ4v) is 2.53. The van der Waals surface area contributed by atoms with Gasteiger partial charge < -0.3 is 14.8 Å². The van der Waals surface area contributed by atoms with Crippen molar-refractivity contribution in [1.82, 2.24) is 4.98 Å². The molecule has 0 radical (unpaired) electrons. The van der Waals surface area contributed by atoms with Gasteiger partial charge in [0.25, 0.3) is 5.91 Å². The Labute approximate surface area is 164 Å². The molecule has 1 N–H and O–H groups in total. The van der Waals surface area contributed by atoms with Gasteiger partial charge in [-0.1, -0.05) is 18.1 Å². The molecule has 1 aromatic heterocycles. The molecule has 1 amide bonds. The Balaban J connectivity index is 1.75. The summed E-state index contributed by atoms with van der Waals surface area (Å²) >= 11 is 0. The Morgan fingerprint density at radius 1 is 1.04 bits per heavy atom. The highest BCUT2D eigenvalue weighted by Crippen LogP contribution is 2.28. The van der Waals surface area contributed by atoms with E-state index in [9.17, 15) is 4.79 Å². The number of benzene rings is 2. The van der Waals surface area contributed by atoms with Crippen molar-refractivity contribution in [3.8, 4) is 23.3 Å². The highest BCUT2D eigenvalue weighted by Gasteiger charge is 2.11. The van der Waals surface area contributed by atoms with Gasteiger partial charge in [0, 0.05) is 23.0 Å². The number of rotatable bonds is 5. The predicted octanol–water partition coefficient (Wildman–Crippen LogP) is 4.14. The van der Waals surface area contributed by atoms with Crippen LogP contribution in [0.2, 0.25) is 0 Å². The summed E-state index contributed by atoms with van der Waals surface area (Å²) in [5.74, 6) is 6.94. The van der Waals surface area contributed by atoms with Gasteiger partial charge >= 0.3 is 0 Å². The summed E-state index contributed by atoms with van der Waals surface area (Å²) in [5, 5.41) is 2.88. The van der Waals surface area contributed by atoms with E-state index >= 15 is 0 Å². The lowest BCUT2D eigenvalue weighted by Gasteiger charge is -2.11. The third-order valence-electron chi connectivity index (χ3n) is 3.85. The second-order valence-corrected chi connectivity index (χ2v) is 5.80. The zero-order valence-corrected chi connectivity index (χ0v) is 15.7. The zero-order chi connectivity index (χ0) is 19.8. The number of nitrogens with one attached hydrogen (secondary N) is 1. The highest BCUT2D eigenvalue weighted by molar-refractivity contribution is 6.04. The number of pyridine rings is 1. The second-order valence-electron chi connectivity index (χ2n) is 5.80. The van der Waals surface area contributed by atoms with Crippen LogP contribution in [0.15, 0.2) is 66.9 Å². The topological polar surface area (TPSA) is 60.5 Å². The molecule has 0 bridgehead atoms. The molecule has 140 valence electrons. The van der Waals surface area contributed by atoms with E-state index in [1.807, 2.05) is 49.4 Å². The number of ether oxygens (including phenoxy) is 2. The fourth-order valence-electron chi connectivity index (χ4n) is 2.53. The molecule has 3 rings (SSSR count). The Bertz CT molecular complexity index is 1020. The van der Waals surface area contributed by atoms with Crippen LogP contribution in [0.1, 0.15) is 28.5 Å². The second kappa shape index (κ2) is 9.24. The predicted molar refractivity (Wildman–Crippen MR) is 109 cm³/mol. The zero-order valence-electron chi connectivity index (χ0n) is 15.7. The van der Waals surface area contributed by atoms with Gasteiger partial charge in [-0.15, -0.1) is 0 Å². The number of carbonyl (C=O) groups excluding carboxylic acids is 1. The maximum Gasteiger partial charge on any atom is 0.255 e. The van der Waals surface area contributed by atoms with Crippen LogP contribution in [0.4, 0.5) is 5.69 Å². The van der Waals surface area contributed by atoms with E-state index in [4.69, 9.17) is 9.47 Å². The van der Waals surface area contributed by atoms with Crippen LogP contribution >= 0.6 is 0 Å². The lowest BCUT2D eigenvalue weighted by Crippen LogP contribution is -2.12. The summed E-state index contributed by atoms with van der Waals surface area (Å²) in [7, 11) is 1.54. The molecule has 0 spiro atoms. The molecule has 0 atom stereocenters. The molecule has 5 nitrogen and oxygen atoms in total. The first-order chi connectivity index (χ1) is 13.7. The smallest absolute Gasteiger partial charge is 0.255 e. The third-order valence-corrected chi connectivity index (χ3v) is 3.85. The molecule has 0 fully saturated rings. The van der Waals surface area contributed by atoms with E-state index in [-0.39, 0.29) is 5.91 Å². The number of hydrogen-bond donors (Lipinski definition) is 1. The monoisotopic (exact) mass is 372 g/mol. The number of methoxy groups -OCH3 is 1. The quantitative estimate of drug-likeness (QED) is 0.684. The van der Waals surface area contributed by atoms with Crippen molar-refractivity contribution in [1.29, 1.82) is 0 Å². The summed E-state index contributed by atoms with van der Waals surface area (Å²) in [5.41, 5.74) is 2.61. The van der Waals surface area contributed by atoms with Crippen LogP contribution in [0.3, 0.4) is 0 Å². The van der Waals surface area contributed by atoms with Crippen molar-refractivity contribution in [3.63, 3.8) is 0 Å². The van der Waals surface area contributed by atoms with Gasteiger partial charge in [0.1, 0.15) is 5.69 Å². The van der Waals surface area contributed by atoms with Crippen LogP contribution < -0.4 is 14.8 Å². The Morgan fingerprint density at radius 3 is 2.68 bits per heavy atom. The molecular weight excluding hydrogens is 352 g/mol. The molecule has 0 aliphatic carbocycles. The van der Waals surface area contributed by atoms with E-state index < -0.39 is 0 Å². The van der Waals surface area contributed by atoms with Gasteiger partial charge in [0.05, 0.1) is 13.7 Å². The number of amides is 1. The number of aromatic nitrogens is 1. The number of hydrogen-bond acceptors (Lipinski definition) is 4. The SMILES string of the molecule is CCOc1ccc(C(=O)Nc2cccc(C#Cc3ccccn3)c2)cc1OC. The summed E-state index contributed by atoms with van der Waals surface area (Å²) in [6.07, 6.45) is 1.70. The molecular formula is C23H20N2O3. The van der Waals surface area contributed by atoms with E-state index in [1.54, 1.807) is 31.5 Å². The molecule has 0 unspecified atom stereocenters. The van der Waals surface area contributed by atoms with Crippen LogP contribution in [-0.4, -0.2) is 24.6 Å². The average molecular weight is 372 g/mol. The number of nitrogens with zero attached hydrogens (tertiary/aromatic N) is 1. The van der Waals surface area contributed by atoms with Gasteiger partial charge in [-0.2, -0.15) is 0 Å². The molecule has 0 aliphatic heterocycles. The number of anilines is 1. The summed E-state index contributed by atoms with van der Waals surface area (Å²) in [6.45, 7) is 2.41. The van der Waals surface area contributed by atoms with Crippen molar-refractivity contribution >= 4 is 11.6 Å². The fraction of sp³-hybridized carbons (Fsp3) is 0.130. The molecule has 28 heavy (non-hydrogen) atoms. The Kier molecular flexibility index (Phi) is 6.27. The van der Waals surface area contributed by atoms with Gasteiger partial charge in [-0.05, 0) is 61.4 Å². The van der Waals surface area contributed by atoms with Crippen molar-refractivity contribution in [2.24, 2.45) is 0 Å². The van der Waals surface area contributed by atoms with Gasteiger partial charge in [0.2, 0.25) is 0 Å². The average Bonchev–Trinajstić information content (AvgIpc) is 2.74. The maximum absolute atomic E-state index is 12.6. The first kappa shape index (κ1) is 19.0. The van der Waals surface area contributed by atoms with E-state index in [0.717, 1.165) is 5.56 Å². The van der Waals surface area contributed by atoms with Crippen molar-refractivity contribution in [2.45, 2.75) is 6.92 Å². The summed E-state index contributed by atoms with van der Waals surface area (Å²) in [6, 6.07) is 18.0. The standard InChI is InChI=1S/C23H20N2O3/c1-3-28-21-13-11-18(16-22(21)27-2)23(26)25-20-9-6-7-17(15-20)10-12-19-8-4-5-14-24-19/h4-9,11,13-16H,3H2,1-2H3,(H,25,26). The minimum Gasteiger partial charge on any atom is -0.493 e. The van der Waals surface area contributed by atoms with Crippen LogP contribution in [0.5, 0.6) is 11.5 Å². The lowest BCUT2D eigenvalue weighted by molar-refractivity contribution is 0.102. The molecule has 0 saturated heterocycles. The van der Waals surface area contributed by atoms with Gasteiger partial charge in [0.15, 0.2) is 11.5 Å². The molecule has 5 heteroatoms. The Morgan fingerprint density at radius 2 is 1.93 bits per heavy atom. The van der Waals surface area contributed by atoms with Crippen molar-refractivity contribution in [3.05, 3.63) is 83.7 Å². The molecule has 0 saturated carbocycles. The Hall–Kier alpha value is -3.78. The van der Waals surface area contributed by atoms with Crippen LogP contribution in [0, 0.1) is 11.8 Å². The van der Waals surface area contributed by atoms with E-state index in [0.29, 0.717) is 35.1 Å². The van der Waals surface area contributed by atoms with Crippen LogP contribution in [0.25, 0.3) is 0 Å². The minimum absolute atomic E-state index is 0.240. The molecule has 0 aliphatic rings. The van der Waals surface area contributed by atoms with Gasteiger partial charge in [-0.25, -0.2) is 4.98 Å². The highest BCUT2D eigenvalue weighted by atomic mass is 16.5. The largest absolute Gasteiger partial charge is 0.493 e. The van der Waals surface area contributed by atoms with E-state index in [2.05, 4.69) is 22.1 Å². The number of carbonyl (C=O) groups is 1. The maximum atomic E-state index is 12.6. The first-order valence-electron chi connectivity index (χ1n) is 8.85. The third kappa shape index (κ3) is 4.89. The summed E-state index contributed by atoms with van der Waals surface area (Å²) in [4.78, 5) is 16.8. The molecule has 1 heterocycles.